The summed E-state index contributed by atoms with van der Waals surface area (Å²) in [7, 11) is 0. The number of hydrogen-bond acceptors (Lipinski definition) is 3. The molecule has 1 aliphatic heterocycles. The van der Waals surface area contributed by atoms with Gasteiger partial charge in [-0.15, -0.1) is 0 Å². The molecule has 3 aromatic rings. The first-order valence-corrected chi connectivity index (χ1v) is 10.9. The lowest BCUT2D eigenvalue weighted by Gasteiger charge is -2.32. The quantitative estimate of drug-likeness (QED) is 0.596. The van der Waals surface area contributed by atoms with Crippen molar-refractivity contribution in [3.63, 3.8) is 0 Å². The predicted octanol–water partition coefficient (Wildman–Crippen LogP) is 5.56. The molecule has 0 radical (unpaired) electrons. The lowest BCUT2D eigenvalue weighted by molar-refractivity contribution is -0.121. The Bertz CT molecular complexity index is 1000. The van der Waals surface area contributed by atoms with Crippen molar-refractivity contribution >= 4 is 40.4 Å². The second-order valence-electron chi connectivity index (χ2n) is 7.18. The van der Waals surface area contributed by atoms with Gasteiger partial charge in [0.15, 0.2) is 0 Å². The zero-order valence-corrected chi connectivity index (χ0v) is 17.4. The van der Waals surface area contributed by atoms with E-state index in [-0.39, 0.29) is 17.7 Å². The van der Waals surface area contributed by atoms with Crippen molar-refractivity contribution in [2.45, 2.75) is 12.8 Å². The summed E-state index contributed by atoms with van der Waals surface area (Å²) in [6, 6.07) is 16.8. The first-order valence-electron chi connectivity index (χ1n) is 9.58. The van der Waals surface area contributed by atoms with Crippen LogP contribution < -0.4 is 5.32 Å². The number of piperidine rings is 1. The summed E-state index contributed by atoms with van der Waals surface area (Å²) in [4.78, 5) is 27.4. The molecule has 4 rings (SSSR count). The largest absolute Gasteiger partial charge is 0.338 e. The van der Waals surface area contributed by atoms with Crippen molar-refractivity contribution in [3.05, 3.63) is 75.9 Å². The van der Waals surface area contributed by atoms with Gasteiger partial charge in [-0.2, -0.15) is 11.3 Å². The van der Waals surface area contributed by atoms with Gasteiger partial charge in [-0.05, 0) is 77.2 Å². The van der Waals surface area contributed by atoms with Crippen molar-refractivity contribution in [2.24, 2.45) is 5.92 Å². The van der Waals surface area contributed by atoms with Gasteiger partial charge in [-0.25, -0.2) is 0 Å². The molecule has 1 atom stereocenters. The molecule has 148 valence electrons. The molecule has 4 nitrogen and oxygen atoms in total. The van der Waals surface area contributed by atoms with E-state index in [9.17, 15) is 9.59 Å². The number of halogens is 1. The molecule has 0 spiro atoms. The van der Waals surface area contributed by atoms with Gasteiger partial charge in [0, 0.05) is 29.4 Å². The highest BCUT2D eigenvalue weighted by atomic mass is 35.5. The molecule has 29 heavy (non-hydrogen) atoms. The van der Waals surface area contributed by atoms with Crippen LogP contribution in [0.25, 0.3) is 11.1 Å². The van der Waals surface area contributed by atoms with Crippen molar-refractivity contribution in [2.75, 3.05) is 18.4 Å². The Kier molecular flexibility index (Phi) is 5.97. The maximum atomic E-state index is 12.9. The van der Waals surface area contributed by atoms with Crippen LogP contribution >= 0.6 is 22.9 Å². The number of benzene rings is 2. The van der Waals surface area contributed by atoms with Gasteiger partial charge in [0.1, 0.15) is 0 Å². The number of anilines is 1. The highest BCUT2D eigenvalue weighted by Gasteiger charge is 2.29. The number of hydrogen-bond donors (Lipinski definition) is 1. The Morgan fingerprint density at radius 1 is 1.07 bits per heavy atom. The van der Waals surface area contributed by atoms with Gasteiger partial charge in [0.2, 0.25) is 5.91 Å². The van der Waals surface area contributed by atoms with E-state index in [0.717, 1.165) is 29.7 Å². The van der Waals surface area contributed by atoms with Crippen LogP contribution in [-0.2, 0) is 4.79 Å². The van der Waals surface area contributed by atoms with Crippen LogP contribution in [0.2, 0.25) is 5.02 Å². The van der Waals surface area contributed by atoms with Crippen molar-refractivity contribution in [1.82, 2.24) is 4.90 Å². The number of carbonyl (C=O) groups excluding carboxylic acids is 2. The van der Waals surface area contributed by atoms with E-state index in [1.165, 1.54) is 0 Å². The van der Waals surface area contributed by atoms with Gasteiger partial charge in [0.25, 0.3) is 5.91 Å². The Morgan fingerprint density at radius 2 is 1.90 bits per heavy atom. The number of nitrogens with zero attached hydrogens (tertiary/aromatic N) is 1. The van der Waals surface area contributed by atoms with Crippen LogP contribution in [0, 0.1) is 5.92 Å². The molecule has 0 saturated carbocycles. The number of rotatable bonds is 4. The lowest BCUT2D eigenvalue weighted by Crippen LogP contribution is -2.43. The third-order valence-electron chi connectivity index (χ3n) is 5.16. The molecular formula is C23H21ClN2O2S. The van der Waals surface area contributed by atoms with Gasteiger partial charge >= 0.3 is 0 Å². The zero-order valence-electron chi connectivity index (χ0n) is 15.8. The molecule has 1 aromatic heterocycles. The molecule has 2 amide bonds. The fourth-order valence-electron chi connectivity index (χ4n) is 3.60. The Labute approximate surface area is 179 Å². The molecule has 2 heterocycles. The maximum Gasteiger partial charge on any atom is 0.253 e. The number of carbonyl (C=O) groups is 2. The van der Waals surface area contributed by atoms with Crippen LogP contribution in [0.5, 0.6) is 0 Å². The average Bonchev–Trinajstić information content (AvgIpc) is 3.29. The average molecular weight is 425 g/mol. The summed E-state index contributed by atoms with van der Waals surface area (Å²) in [5.41, 5.74) is 3.59. The van der Waals surface area contributed by atoms with Crippen molar-refractivity contribution < 1.29 is 9.59 Å². The molecule has 1 N–H and O–H groups in total. The smallest absolute Gasteiger partial charge is 0.253 e. The molecule has 1 fully saturated rings. The fraction of sp³-hybridized carbons (Fsp3) is 0.217. The van der Waals surface area contributed by atoms with Crippen LogP contribution in [0.4, 0.5) is 5.69 Å². The Hall–Kier alpha value is -2.63. The summed E-state index contributed by atoms with van der Waals surface area (Å²) >= 11 is 7.56. The first kappa shape index (κ1) is 19.7. The molecule has 2 aromatic carbocycles. The van der Waals surface area contributed by atoms with Crippen LogP contribution in [0.3, 0.4) is 0 Å². The van der Waals surface area contributed by atoms with E-state index in [0.29, 0.717) is 23.7 Å². The topological polar surface area (TPSA) is 49.4 Å². The van der Waals surface area contributed by atoms with Crippen LogP contribution in [-0.4, -0.2) is 29.8 Å². The van der Waals surface area contributed by atoms with Crippen molar-refractivity contribution in [1.29, 1.82) is 0 Å². The predicted molar refractivity (Wildman–Crippen MR) is 118 cm³/mol. The summed E-state index contributed by atoms with van der Waals surface area (Å²) in [6.07, 6.45) is 1.59. The Morgan fingerprint density at radius 3 is 2.66 bits per heavy atom. The second kappa shape index (κ2) is 8.80. The minimum atomic E-state index is -0.218. The van der Waals surface area contributed by atoms with Gasteiger partial charge in [0.05, 0.1) is 5.92 Å². The molecule has 0 aliphatic carbocycles. The highest BCUT2D eigenvalue weighted by molar-refractivity contribution is 7.08. The van der Waals surface area contributed by atoms with Crippen LogP contribution in [0.1, 0.15) is 23.2 Å². The minimum Gasteiger partial charge on any atom is -0.338 e. The number of likely N-dealkylation sites (tertiary alicyclic amines) is 1. The lowest BCUT2D eigenvalue weighted by atomic mass is 9.96. The first-order chi connectivity index (χ1) is 14.1. The molecule has 6 heteroatoms. The van der Waals surface area contributed by atoms with E-state index in [4.69, 9.17) is 11.6 Å². The van der Waals surface area contributed by atoms with Gasteiger partial charge in [-0.3, -0.25) is 9.59 Å². The number of thiophene rings is 1. The van der Waals surface area contributed by atoms with Crippen molar-refractivity contribution in [3.8, 4) is 11.1 Å². The fourth-order valence-corrected chi connectivity index (χ4v) is 4.39. The molecule has 1 aliphatic rings. The number of nitrogens with one attached hydrogen (secondary N) is 1. The standard InChI is InChI=1S/C23H21ClN2O2S/c24-20-8-6-16(7-9-20)23(28)26-11-2-4-18(14-26)22(27)25-21-5-1-3-17(13-21)19-10-12-29-15-19/h1,3,5-10,12-13,15,18H,2,4,11,14H2,(H,25,27). The van der Waals surface area contributed by atoms with Crippen LogP contribution in [0.15, 0.2) is 65.4 Å². The van der Waals surface area contributed by atoms with E-state index in [1.54, 1.807) is 40.5 Å². The summed E-state index contributed by atoms with van der Waals surface area (Å²) < 4.78 is 0. The SMILES string of the molecule is O=C(Nc1cccc(-c2ccsc2)c1)C1CCCN(C(=O)c2ccc(Cl)cc2)C1. The molecule has 1 unspecified atom stereocenters. The van der Waals surface area contributed by atoms with E-state index in [1.807, 2.05) is 29.6 Å². The second-order valence-corrected chi connectivity index (χ2v) is 8.40. The van der Waals surface area contributed by atoms with E-state index in [2.05, 4.69) is 16.8 Å². The summed E-state index contributed by atoms with van der Waals surface area (Å²) in [5, 5.41) is 7.75. The molecule has 1 saturated heterocycles. The van der Waals surface area contributed by atoms with Gasteiger partial charge < -0.3 is 10.2 Å². The maximum absolute atomic E-state index is 12.9. The summed E-state index contributed by atoms with van der Waals surface area (Å²) in [5.74, 6) is -0.315. The molecule has 0 bridgehead atoms. The normalized spacial score (nSPS) is 16.4. The zero-order chi connectivity index (χ0) is 20.2. The minimum absolute atomic E-state index is 0.0407. The Balaban J connectivity index is 1.42. The van der Waals surface area contributed by atoms with E-state index < -0.39 is 0 Å². The monoisotopic (exact) mass is 424 g/mol. The van der Waals surface area contributed by atoms with Gasteiger partial charge in [-0.1, -0.05) is 23.7 Å². The number of amides is 2. The third-order valence-corrected chi connectivity index (χ3v) is 6.09. The summed E-state index contributed by atoms with van der Waals surface area (Å²) in [6.45, 7) is 1.09. The third kappa shape index (κ3) is 4.69. The highest BCUT2D eigenvalue weighted by Crippen LogP contribution is 2.26. The van der Waals surface area contributed by atoms with E-state index >= 15 is 0 Å². The molecular weight excluding hydrogens is 404 g/mol.